The van der Waals surface area contributed by atoms with Gasteiger partial charge in [-0.25, -0.2) is 4.79 Å². The standard InChI is InChI=1S/C31H34N2O5/c1-3-23-18-19-33(20-28(35)24-14-16-27(17-15-24)37-22(2)34)21-29(23)38-31(36)30(25-10-6-4-7-11-25)32-26-12-8-5-9-13-26/h4-17,23,29-30,32H,3,18-21H2,1-2H3/t23?,29-,30+/m0/s1. The highest BCUT2D eigenvalue weighted by atomic mass is 16.5. The van der Waals surface area contributed by atoms with Gasteiger partial charge in [0.15, 0.2) is 11.8 Å². The molecular weight excluding hydrogens is 480 g/mol. The quantitative estimate of drug-likeness (QED) is 0.223. The SMILES string of the molecule is CCC1CCN(CC(=O)c2ccc(OC(C)=O)cc2)C[C@@H]1OC(=O)[C@H](Nc1ccccc1)c1ccccc1. The number of carbonyl (C=O) groups is 3. The van der Waals surface area contributed by atoms with Crippen LogP contribution < -0.4 is 10.1 Å². The third-order valence-corrected chi connectivity index (χ3v) is 6.83. The minimum atomic E-state index is -0.649. The summed E-state index contributed by atoms with van der Waals surface area (Å²) in [5.74, 6) is -0.148. The Bertz CT molecular complexity index is 1210. The second-order valence-corrected chi connectivity index (χ2v) is 9.56. The molecule has 38 heavy (non-hydrogen) atoms. The normalized spacial score (nSPS) is 18.3. The average Bonchev–Trinajstić information content (AvgIpc) is 2.93. The highest BCUT2D eigenvalue weighted by Gasteiger charge is 2.34. The zero-order valence-corrected chi connectivity index (χ0v) is 21.8. The average molecular weight is 515 g/mol. The summed E-state index contributed by atoms with van der Waals surface area (Å²) >= 11 is 0. The molecule has 0 amide bonds. The highest BCUT2D eigenvalue weighted by Crippen LogP contribution is 2.27. The number of piperidine rings is 1. The molecule has 1 aliphatic heterocycles. The zero-order valence-electron chi connectivity index (χ0n) is 21.8. The van der Waals surface area contributed by atoms with Crippen molar-refractivity contribution in [3.8, 4) is 5.75 Å². The van der Waals surface area contributed by atoms with Crippen LogP contribution in [0, 0.1) is 5.92 Å². The van der Waals surface area contributed by atoms with E-state index in [-0.39, 0.29) is 30.3 Å². The lowest BCUT2D eigenvalue weighted by Crippen LogP contribution is -2.48. The van der Waals surface area contributed by atoms with Gasteiger partial charge >= 0.3 is 11.9 Å². The van der Waals surface area contributed by atoms with E-state index in [9.17, 15) is 14.4 Å². The number of nitrogens with one attached hydrogen (secondary N) is 1. The summed E-state index contributed by atoms with van der Waals surface area (Å²) < 4.78 is 11.2. The van der Waals surface area contributed by atoms with Crippen LogP contribution in [0.15, 0.2) is 84.9 Å². The maximum atomic E-state index is 13.5. The van der Waals surface area contributed by atoms with Crippen molar-refractivity contribution in [2.24, 2.45) is 5.92 Å². The number of para-hydroxylation sites is 1. The second-order valence-electron chi connectivity index (χ2n) is 9.56. The van der Waals surface area contributed by atoms with E-state index in [0.717, 1.165) is 30.6 Å². The predicted octanol–water partition coefficient (Wildman–Crippen LogP) is 5.29. The van der Waals surface area contributed by atoms with Crippen molar-refractivity contribution in [2.75, 3.05) is 25.0 Å². The van der Waals surface area contributed by atoms with Gasteiger partial charge in [-0.15, -0.1) is 0 Å². The molecule has 7 nitrogen and oxygen atoms in total. The summed E-state index contributed by atoms with van der Waals surface area (Å²) in [6.45, 7) is 4.92. The molecule has 7 heteroatoms. The molecule has 0 radical (unpaired) electrons. The minimum Gasteiger partial charge on any atom is -0.459 e. The van der Waals surface area contributed by atoms with E-state index in [0.29, 0.717) is 17.9 Å². The number of ether oxygens (including phenoxy) is 2. The number of nitrogens with zero attached hydrogens (tertiary/aromatic N) is 1. The van der Waals surface area contributed by atoms with Crippen LogP contribution in [-0.2, 0) is 14.3 Å². The molecule has 4 rings (SSSR count). The number of carbonyl (C=O) groups excluding carboxylic acids is 3. The lowest BCUT2D eigenvalue weighted by Gasteiger charge is -2.38. The molecular formula is C31H34N2O5. The summed E-state index contributed by atoms with van der Waals surface area (Å²) in [5.41, 5.74) is 2.21. The number of hydrogen-bond acceptors (Lipinski definition) is 7. The fraction of sp³-hybridized carbons (Fsp3) is 0.323. The van der Waals surface area contributed by atoms with Crippen LogP contribution in [0.5, 0.6) is 5.75 Å². The van der Waals surface area contributed by atoms with Crippen molar-refractivity contribution < 1.29 is 23.9 Å². The third-order valence-electron chi connectivity index (χ3n) is 6.83. The van der Waals surface area contributed by atoms with Gasteiger partial charge in [0.1, 0.15) is 11.9 Å². The Balaban J connectivity index is 1.43. The van der Waals surface area contributed by atoms with Gasteiger partial charge in [0.2, 0.25) is 0 Å². The van der Waals surface area contributed by atoms with Gasteiger partial charge in [-0.3, -0.25) is 14.5 Å². The first-order chi connectivity index (χ1) is 18.4. The maximum absolute atomic E-state index is 13.5. The van der Waals surface area contributed by atoms with Gasteiger partial charge in [0.25, 0.3) is 0 Å². The van der Waals surface area contributed by atoms with Crippen LogP contribution in [0.2, 0.25) is 0 Å². The fourth-order valence-corrected chi connectivity index (χ4v) is 4.78. The topological polar surface area (TPSA) is 84.9 Å². The second kappa shape index (κ2) is 13.0. The van der Waals surface area contributed by atoms with Crippen molar-refractivity contribution in [1.29, 1.82) is 0 Å². The molecule has 1 aliphatic rings. The first-order valence-electron chi connectivity index (χ1n) is 13.0. The third kappa shape index (κ3) is 7.29. The highest BCUT2D eigenvalue weighted by molar-refractivity contribution is 5.97. The molecule has 0 bridgehead atoms. The van der Waals surface area contributed by atoms with Crippen LogP contribution in [-0.4, -0.2) is 48.4 Å². The molecule has 3 atom stereocenters. The zero-order chi connectivity index (χ0) is 26.9. The van der Waals surface area contributed by atoms with Crippen LogP contribution in [0.1, 0.15) is 48.7 Å². The van der Waals surface area contributed by atoms with Gasteiger partial charge in [0.05, 0.1) is 6.54 Å². The molecule has 198 valence electrons. The van der Waals surface area contributed by atoms with E-state index in [4.69, 9.17) is 9.47 Å². The Hall–Kier alpha value is -3.97. The number of hydrogen-bond donors (Lipinski definition) is 1. The van der Waals surface area contributed by atoms with E-state index in [1.807, 2.05) is 60.7 Å². The first kappa shape index (κ1) is 27.1. The van der Waals surface area contributed by atoms with Crippen molar-refractivity contribution in [3.63, 3.8) is 0 Å². The summed E-state index contributed by atoms with van der Waals surface area (Å²) in [6, 6.07) is 25.1. The fourth-order valence-electron chi connectivity index (χ4n) is 4.78. The lowest BCUT2D eigenvalue weighted by atomic mass is 9.91. The van der Waals surface area contributed by atoms with Crippen molar-refractivity contribution in [3.05, 3.63) is 96.1 Å². The summed E-state index contributed by atoms with van der Waals surface area (Å²) in [5, 5.41) is 3.33. The number of benzene rings is 3. The number of anilines is 1. The summed E-state index contributed by atoms with van der Waals surface area (Å²) in [7, 11) is 0. The van der Waals surface area contributed by atoms with E-state index in [2.05, 4.69) is 17.1 Å². The maximum Gasteiger partial charge on any atom is 0.333 e. The molecule has 1 fully saturated rings. The van der Waals surface area contributed by atoms with Gasteiger partial charge in [0, 0.05) is 24.7 Å². The first-order valence-corrected chi connectivity index (χ1v) is 13.0. The molecule has 1 heterocycles. The van der Waals surface area contributed by atoms with E-state index in [1.54, 1.807) is 24.3 Å². The molecule has 0 saturated carbocycles. The van der Waals surface area contributed by atoms with Crippen LogP contribution in [0.25, 0.3) is 0 Å². The number of likely N-dealkylation sites (tertiary alicyclic amines) is 1. The Morgan fingerprint density at radius 3 is 2.24 bits per heavy atom. The number of Topliss-reactive ketones (excluding diaryl/α,β-unsaturated/α-hetero) is 1. The van der Waals surface area contributed by atoms with Crippen LogP contribution in [0.4, 0.5) is 5.69 Å². The van der Waals surface area contributed by atoms with Gasteiger partial charge in [-0.05, 0) is 67.3 Å². The smallest absolute Gasteiger partial charge is 0.333 e. The monoisotopic (exact) mass is 514 g/mol. The Morgan fingerprint density at radius 2 is 1.61 bits per heavy atom. The van der Waals surface area contributed by atoms with E-state index >= 15 is 0 Å². The van der Waals surface area contributed by atoms with Gasteiger partial charge in [-0.2, -0.15) is 0 Å². The molecule has 3 aromatic rings. The lowest BCUT2D eigenvalue weighted by molar-refractivity contribution is -0.156. The minimum absolute atomic E-state index is 0.0349. The molecule has 1 unspecified atom stereocenters. The molecule has 0 spiro atoms. The van der Waals surface area contributed by atoms with Crippen molar-refractivity contribution >= 4 is 23.4 Å². The summed E-state index contributed by atoms with van der Waals surface area (Å²) in [4.78, 5) is 39.7. The van der Waals surface area contributed by atoms with E-state index < -0.39 is 12.0 Å². The van der Waals surface area contributed by atoms with Gasteiger partial charge in [-0.1, -0.05) is 55.5 Å². The number of rotatable bonds is 10. The predicted molar refractivity (Wildman–Crippen MR) is 146 cm³/mol. The Labute approximate surface area is 223 Å². The molecule has 0 aromatic heterocycles. The molecule has 3 aromatic carbocycles. The Kier molecular flexibility index (Phi) is 9.27. The largest absolute Gasteiger partial charge is 0.459 e. The van der Waals surface area contributed by atoms with Gasteiger partial charge < -0.3 is 14.8 Å². The Morgan fingerprint density at radius 1 is 0.947 bits per heavy atom. The van der Waals surface area contributed by atoms with Crippen LogP contribution >= 0.6 is 0 Å². The molecule has 0 aliphatic carbocycles. The number of esters is 2. The molecule has 1 N–H and O–H groups in total. The van der Waals surface area contributed by atoms with Crippen molar-refractivity contribution in [2.45, 2.75) is 38.8 Å². The van der Waals surface area contributed by atoms with Crippen LogP contribution in [0.3, 0.4) is 0 Å². The molecule has 1 saturated heterocycles. The number of ketones is 1. The van der Waals surface area contributed by atoms with Crippen molar-refractivity contribution in [1.82, 2.24) is 4.90 Å². The summed E-state index contributed by atoms with van der Waals surface area (Å²) in [6.07, 6.45) is 1.42. The van der Waals surface area contributed by atoms with E-state index in [1.165, 1.54) is 6.92 Å².